The summed E-state index contributed by atoms with van der Waals surface area (Å²) < 4.78 is 0. The Balaban J connectivity index is 1.55. The maximum Gasteiger partial charge on any atom is 0.154 e. The molecule has 1 aromatic carbocycles. The third kappa shape index (κ3) is 1.60. The third-order valence-corrected chi connectivity index (χ3v) is 4.62. The Labute approximate surface area is 107 Å². The van der Waals surface area contributed by atoms with Crippen LogP contribution in [0.2, 0.25) is 0 Å². The van der Waals surface area contributed by atoms with Crippen LogP contribution in [0.15, 0.2) is 18.2 Å². The van der Waals surface area contributed by atoms with Gasteiger partial charge in [-0.15, -0.1) is 5.06 Å². The van der Waals surface area contributed by atoms with Crippen molar-refractivity contribution in [2.75, 3.05) is 25.4 Å². The van der Waals surface area contributed by atoms with E-state index in [-0.39, 0.29) is 0 Å². The van der Waals surface area contributed by atoms with Crippen molar-refractivity contribution in [3.05, 3.63) is 23.8 Å². The first-order valence-electron chi connectivity index (χ1n) is 6.85. The summed E-state index contributed by atoms with van der Waals surface area (Å²) in [6.07, 6.45) is 2.64. The zero-order valence-electron chi connectivity index (χ0n) is 10.5. The lowest BCUT2D eigenvalue weighted by Gasteiger charge is -2.47. The van der Waals surface area contributed by atoms with Crippen molar-refractivity contribution < 1.29 is 4.84 Å². The molecule has 4 heterocycles. The van der Waals surface area contributed by atoms with E-state index < -0.39 is 0 Å². The van der Waals surface area contributed by atoms with Crippen molar-refractivity contribution in [1.82, 2.24) is 9.96 Å². The fourth-order valence-electron chi connectivity index (χ4n) is 3.56. The number of hydrogen-bond donors (Lipinski definition) is 1. The van der Waals surface area contributed by atoms with Gasteiger partial charge in [0.1, 0.15) is 0 Å². The van der Waals surface area contributed by atoms with E-state index in [4.69, 9.17) is 10.6 Å². The van der Waals surface area contributed by atoms with Gasteiger partial charge in [-0.25, -0.2) is 0 Å². The Morgan fingerprint density at radius 3 is 2.78 bits per heavy atom. The molecule has 5 rings (SSSR count). The van der Waals surface area contributed by atoms with Crippen molar-refractivity contribution in [1.29, 1.82) is 0 Å². The molecule has 0 aromatic heterocycles. The third-order valence-electron chi connectivity index (χ3n) is 4.62. The van der Waals surface area contributed by atoms with E-state index in [0.717, 1.165) is 30.4 Å². The number of nitrogens with zero attached hydrogens (tertiary/aromatic N) is 2. The van der Waals surface area contributed by atoms with Crippen molar-refractivity contribution in [3.63, 3.8) is 0 Å². The van der Waals surface area contributed by atoms with Gasteiger partial charge in [0.15, 0.2) is 5.75 Å². The second kappa shape index (κ2) is 3.87. The van der Waals surface area contributed by atoms with Gasteiger partial charge in [0.05, 0.1) is 12.6 Å². The van der Waals surface area contributed by atoms with Crippen molar-refractivity contribution in [3.8, 4) is 5.75 Å². The number of hydroxylamine groups is 2. The summed E-state index contributed by atoms with van der Waals surface area (Å²) in [4.78, 5) is 8.57. The van der Waals surface area contributed by atoms with Gasteiger partial charge in [-0.3, -0.25) is 0 Å². The van der Waals surface area contributed by atoms with E-state index in [9.17, 15) is 0 Å². The minimum absolute atomic E-state index is 0.557. The van der Waals surface area contributed by atoms with Crippen LogP contribution in [0.4, 0.5) is 5.69 Å². The van der Waals surface area contributed by atoms with Gasteiger partial charge in [-0.05, 0) is 37.9 Å². The minimum Gasteiger partial charge on any atom is -0.405 e. The molecule has 18 heavy (non-hydrogen) atoms. The molecule has 2 bridgehead atoms. The molecule has 0 saturated carbocycles. The quantitative estimate of drug-likeness (QED) is 0.761. The van der Waals surface area contributed by atoms with Gasteiger partial charge < -0.3 is 15.5 Å². The summed E-state index contributed by atoms with van der Waals surface area (Å²) >= 11 is 0. The SMILES string of the molecule is Nc1ccc2c(c1)ON([C@@H]1CN3CCC1CC3)C2. The van der Waals surface area contributed by atoms with Crippen LogP contribution in [0, 0.1) is 5.92 Å². The number of nitrogen functional groups attached to an aromatic ring is 1. The molecule has 4 aliphatic rings. The van der Waals surface area contributed by atoms with Crippen molar-refractivity contribution in [2.24, 2.45) is 5.92 Å². The molecular weight excluding hydrogens is 226 g/mol. The van der Waals surface area contributed by atoms with E-state index in [1.54, 1.807) is 0 Å². The molecular formula is C14H19N3O. The molecule has 4 aliphatic heterocycles. The smallest absolute Gasteiger partial charge is 0.154 e. The molecule has 0 radical (unpaired) electrons. The van der Waals surface area contributed by atoms with Gasteiger partial charge in [0, 0.05) is 23.9 Å². The summed E-state index contributed by atoms with van der Waals surface area (Å²) in [5.41, 5.74) is 7.85. The highest BCUT2D eigenvalue weighted by atomic mass is 16.7. The average Bonchev–Trinajstić information content (AvgIpc) is 2.83. The Morgan fingerprint density at radius 1 is 1.22 bits per heavy atom. The van der Waals surface area contributed by atoms with Gasteiger partial charge >= 0.3 is 0 Å². The average molecular weight is 245 g/mol. The van der Waals surface area contributed by atoms with Crippen LogP contribution in [-0.2, 0) is 6.54 Å². The summed E-state index contributed by atoms with van der Waals surface area (Å²) in [6.45, 7) is 4.61. The normalized spacial score (nSPS) is 34.3. The van der Waals surface area contributed by atoms with E-state index in [0.29, 0.717) is 6.04 Å². The molecule has 0 aliphatic carbocycles. The molecule has 1 aromatic rings. The number of nitrogens with two attached hydrogens (primary N) is 1. The Hall–Kier alpha value is -1.26. The summed E-state index contributed by atoms with van der Waals surface area (Å²) in [7, 11) is 0. The molecule has 0 spiro atoms. The topological polar surface area (TPSA) is 41.7 Å². The summed E-state index contributed by atoms with van der Waals surface area (Å²) in [6, 6.07) is 6.55. The molecule has 96 valence electrons. The molecule has 2 N–H and O–H groups in total. The first kappa shape index (κ1) is 10.6. The predicted molar refractivity (Wildman–Crippen MR) is 70.0 cm³/mol. The second-order valence-electron chi connectivity index (χ2n) is 5.74. The number of rotatable bonds is 1. The molecule has 0 amide bonds. The van der Waals surface area contributed by atoms with E-state index in [1.165, 1.54) is 31.5 Å². The zero-order valence-corrected chi connectivity index (χ0v) is 10.5. The van der Waals surface area contributed by atoms with Crippen LogP contribution in [0.25, 0.3) is 0 Å². The van der Waals surface area contributed by atoms with Crippen molar-refractivity contribution >= 4 is 5.69 Å². The largest absolute Gasteiger partial charge is 0.405 e. The number of hydrogen-bond acceptors (Lipinski definition) is 4. The van der Waals surface area contributed by atoms with Crippen LogP contribution < -0.4 is 10.6 Å². The fraction of sp³-hybridized carbons (Fsp3) is 0.571. The number of fused-ring (bicyclic) bond motifs is 4. The highest BCUT2D eigenvalue weighted by Crippen LogP contribution is 2.37. The lowest BCUT2D eigenvalue weighted by atomic mass is 9.84. The molecule has 1 atom stereocenters. The maximum absolute atomic E-state index is 6.01. The Morgan fingerprint density at radius 2 is 2.06 bits per heavy atom. The molecule has 0 unspecified atom stereocenters. The number of anilines is 1. The van der Waals surface area contributed by atoms with E-state index >= 15 is 0 Å². The van der Waals surface area contributed by atoms with Gasteiger partial charge in [0.2, 0.25) is 0 Å². The standard InChI is InChI=1S/C14H19N3O/c15-12-2-1-11-8-17(18-14(11)7-12)13-9-16-5-3-10(13)4-6-16/h1-2,7,10,13H,3-6,8-9,15H2/t13-/m1/s1. The molecule has 3 fully saturated rings. The van der Waals surface area contributed by atoms with E-state index in [1.807, 2.05) is 12.1 Å². The minimum atomic E-state index is 0.557. The lowest BCUT2D eigenvalue weighted by molar-refractivity contribution is -0.135. The van der Waals surface area contributed by atoms with Gasteiger partial charge in [-0.1, -0.05) is 6.07 Å². The first-order chi connectivity index (χ1) is 8.79. The van der Waals surface area contributed by atoms with Gasteiger partial charge in [0.25, 0.3) is 0 Å². The van der Waals surface area contributed by atoms with Crippen molar-refractivity contribution in [2.45, 2.75) is 25.4 Å². The summed E-state index contributed by atoms with van der Waals surface area (Å²) in [5, 5.41) is 2.18. The van der Waals surface area contributed by atoms with Crippen LogP contribution in [-0.4, -0.2) is 35.6 Å². The van der Waals surface area contributed by atoms with Crippen LogP contribution in [0.3, 0.4) is 0 Å². The monoisotopic (exact) mass is 245 g/mol. The lowest BCUT2D eigenvalue weighted by Crippen LogP contribution is -2.57. The van der Waals surface area contributed by atoms with E-state index in [2.05, 4.69) is 16.0 Å². The predicted octanol–water partition coefficient (Wildman–Crippen LogP) is 1.47. The second-order valence-corrected chi connectivity index (χ2v) is 5.74. The maximum atomic E-state index is 6.01. The highest BCUT2D eigenvalue weighted by Gasteiger charge is 2.40. The molecule has 4 nitrogen and oxygen atoms in total. The molecule has 3 saturated heterocycles. The fourth-order valence-corrected chi connectivity index (χ4v) is 3.56. The Kier molecular flexibility index (Phi) is 2.29. The molecule has 4 heteroatoms. The summed E-state index contributed by atoms with van der Waals surface area (Å²) in [5.74, 6) is 1.76. The van der Waals surface area contributed by atoms with Crippen LogP contribution >= 0.6 is 0 Å². The van der Waals surface area contributed by atoms with Gasteiger partial charge in [-0.2, -0.15) is 0 Å². The van der Waals surface area contributed by atoms with Crippen LogP contribution in [0.5, 0.6) is 5.75 Å². The highest BCUT2D eigenvalue weighted by molar-refractivity contribution is 5.49. The number of benzene rings is 1. The Bertz CT molecular complexity index is 468. The van der Waals surface area contributed by atoms with Crippen LogP contribution in [0.1, 0.15) is 18.4 Å². The number of piperidine rings is 3. The zero-order chi connectivity index (χ0) is 12.1. The first-order valence-corrected chi connectivity index (χ1v) is 6.85.